The number of benzene rings is 3. The van der Waals surface area contributed by atoms with E-state index in [1.54, 1.807) is 35.1 Å². The lowest BCUT2D eigenvalue weighted by Crippen LogP contribution is -2.12. The monoisotopic (exact) mass is 459 g/mol. The molecule has 0 bridgehead atoms. The Hall–Kier alpha value is -3.51. The number of hydrogen-bond acceptors (Lipinski definition) is 3. The van der Waals surface area contributed by atoms with Gasteiger partial charge in [-0.3, -0.25) is 9.59 Å². The highest BCUT2D eigenvalue weighted by Gasteiger charge is 2.19. The van der Waals surface area contributed by atoms with Gasteiger partial charge in [0.2, 0.25) is 0 Å². The van der Waals surface area contributed by atoms with Crippen LogP contribution in [0.15, 0.2) is 89.5 Å². The summed E-state index contributed by atoms with van der Waals surface area (Å²) in [6.45, 7) is 1.51. The maximum Gasteiger partial charge on any atom is 0.259 e. The molecular formula is C24H18BrN3O2. The fraction of sp³-hybridized carbons (Fsp3) is 0.0417. The Labute approximate surface area is 182 Å². The van der Waals surface area contributed by atoms with Gasteiger partial charge >= 0.3 is 0 Å². The molecule has 0 radical (unpaired) electrons. The Bertz CT molecular complexity index is 1210. The van der Waals surface area contributed by atoms with Crippen molar-refractivity contribution in [3.8, 4) is 16.9 Å². The number of rotatable bonds is 5. The predicted octanol–water partition coefficient (Wildman–Crippen LogP) is 5.76. The van der Waals surface area contributed by atoms with E-state index in [1.165, 1.54) is 6.92 Å². The van der Waals surface area contributed by atoms with Gasteiger partial charge < -0.3 is 5.32 Å². The Morgan fingerprint density at radius 2 is 1.67 bits per heavy atom. The average Bonchev–Trinajstić information content (AvgIpc) is 3.20. The molecule has 0 unspecified atom stereocenters. The van der Waals surface area contributed by atoms with Gasteiger partial charge in [-0.2, -0.15) is 5.10 Å². The summed E-state index contributed by atoms with van der Waals surface area (Å²) in [5, 5.41) is 7.58. The molecule has 0 spiro atoms. The summed E-state index contributed by atoms with van der Waals surface area (Å²) >= 11 is 3.48. The van der Waals surface area contributed by atoms with Crippen LogP contribution in [0.5, 0.6) is 0 Å². The van der Waals surface area contributed by atoms with Gasteiger partial charge in [-0.15, -0.1) is 0 Å². The first-order valence-corrected chi connectivity index (χ1v) is 10.1. The maximum atomic E-state index is 13.1. The van der Waals surface area contributed by atoms with Crippen LogP contribution in [0.1, 0.15) is 27.6 Å². The van der Waals surface area contributed by atoms with Crippen molar-refractivity contribution in [2.24, 2.45) is 0 Å². The second kappa shape index (κ2) is 8.47. The molecule has 148 valence electrons. The van der Waals surface area contributed by atoms with E-state index in [0.29, 0.717) is 22.5 Å². The van der Waals surface area contributed by atoms with Gasteiger partial charge in [-0.25, -0.2) is 4.68 Å². The van der Waals surface area contributed by atoms with Crippen LogP contribution in [0.25, 0.3) is 16.9 Å². The summed E-state index contributed by atoms with van der Waals surface area (Å²) in [5.74, 6) is -0.295. The molecular weight excluding hydrogens is 442 g/mol. The molecule has 0 aliphatic heterocycles. The van der Waals surface area contributed by atoms with Crippen molar-refractivity contribution in [1.82, 2.24) is 9.78 Å². The molecule has 30 heavy (non-hydrogen) atoms. The zero-order valence-corrected chi connectivity index (χ0v) is 17.8. The third-order valence-electron chi connectivity index (χ3n) is 4.63. The molecule has 6 heteroatoms. The molecule has 5 nitrogen and oxygen atoms in total. The summed E-state index contributed by atoms with van der Waals surface area (Å²) in [5.41, 5.74) is 3.93. The van der Waals surface area contributed by atoms with E-state index >= 15 is 0 Å². The summed E-state index contributed by atoms with van der Waals surface area (Å²) in [6.07, 6.45) is 1.73. The number of para-hydroxylation sites is 1. The molecule has 1 N–H and O–H groups in total. The normalized spacial score (nSPS) is 10.6. The molecule has 0 atom stereocenters. The Morgan fingerprint density at radius 1 is 0.933 bits per heavy atom. The Balaban J connectivity index is 1.72. The van der Waals surface area contributed by atoms with Gasteiger partial charge in [-0.05, 0) is 55.5 Å². The van der Waals surface area contributed by atoms with Gasteiger partial charge in [0.05, 0.1) is 11.3 Å². The molecule has 1 aromatic heterocycles. The number of Topliss-reactive ketones (excluding diaryl/α,β-unsaturated/α-hetero) is 1. The van der Waals surface area contributed by atoms with Crippen LogP contribution in [-0.4, -0.2) is 21.5 Å². The molecule has 1 heterocycles. The number of anilines is 1. The van der Waals surface area contributed by atoms with Crippen molar-refractivity contribution in [3.63, 3.8) is 0 Å². The van der Waals surface area contributed by atoms with E-state index in [1.807, 2.05) is 54.6 Å². The van der Waals surface area contributed by atoms with E-state index in [4.69, 9.17) is 0 Å². The van der Waals surface area contributed by atoms with Crippen LogP contribution in [-0.2, 0) is 0 Å². The number of carbonyl (C=O) groups is 2. The van der Waals surface area contributed by atoms with Gasteiger partial charge in [-0.1, -0.05) is 46.3 Å². The van der Waals surface area contributed by atoms with Crippen molar-refractivity contribution in [2.75, 3.05) is 5.32 Å². The first-order chi connectivity index (χ1) is 14.5. The van der Waals surface area contributed by atoms with Crippen LogP contribution < -0.4 is 5.32 Å². The van der Waals surface area contributed by atoms with E-state index in [2.05, 4.69) is 26.3 Å². The highest BCUT2D eigenvalue weighted by atomic mass is 79.9. The van der Waals surface area contributed by atoms with Crippen LogP contribution in [0.4, 0.5) is 5.69 Å². The molecule has 0 saturated heterocycles. The average molecular weight is 460 g/mol. The van der Waals surface area contributed by atoms with Crippen molar-refractivity contribution in [3.05, 3.63) is 101 Å². The highest BCUT2D eigenvalue weighted by Crippen LogP contribution is 2.27. The first-order valence-electron chi connectivity index (χ1n) is 9.34. The van der Waals surface area contributed by atoms with Crippen molar-refractivity contribution >= 4 is 33.3 Å². The third-order valence-corrected chi connectivity index (χ3v) is 5.12. The second-order valence-electron chi connectivity index (χ2n) is 6.77. The van der Waals surface area contributed by atoms with Crippen LogP contribution in [0, 0.1) is 0 Å². The van der Waals surface area contributed by atoms with Gasteiger partial charge in [0, 0.05) is 27.5 Å². The Morgan fingerprint density at radius 3 is 2.33 bits per heavy atom. The van der Waals surface area contributed by atoms with Crippen LogP contribution in [0.3, 0.4) is 0 Å². The van der Waals surface area contributed by atoms with Gasteiger partial charge in [0.15, 0.2) is 5.78 Å². The van der Waals surface area contributed by atoms with Crippen LogP contribution >= 0.6 is 15.9 Å². The lowest BCUT2D eigenvalue weighted by molar-refractivity contribution is 0.101. The van der Waals surface area contributed by atoms with E-state index in [0.717, 1.165) is 15.7 Å². The second-order valence-corrected chi connectivity index (χ2v) is 7.69. The number of nitrogens with zero attached hydrogens (tertiary/aromatic N) is 2. The topological polar surface area (TPSA) is 64.0 Å². The van der Waals surface area contributed by atoms with Crippen LogP contribution in [0.2, 0.25) is 0 Å². The maximum absolute atomic E-state index is 13.1. The summed E-state index contributed by atoms with van der Waals surface area (Å²) in [7, 11) is 0. The number of hydrogen-bond donors (Lipinski definition) is 1. The lowest BCUT2D eigenvalue weighted by Gasteiger charge is -2.06. The van der Waals surface area contributed by atoms with Gasteiger partial charge in [0.1, 0.15) is 5.69 Å². The molecule has 4 rings (SSSR count). The zero-order chi connectivity index (χ0) is 21.1. The first kappa shape index (κ1) is 19.8. The lowest BCUT2D eigenvalue weighted by atomic mass is 10.1. The van der Waals surface area contributed by atoms with Crippen molar-refractivity contribution in [2.45, 2.75) is 6.92 Å². The van der Waals surface area contributed by atoms with E-state index in [-0.39, 0.29) is 11.7 Å². The largest absolute Gasteiger partial charge is 0.322 e. The standard InChI is InChI=1S/C24H18BrN3O2/c1-16(29)17-10-12-20(13-11-17)26-24(30)22-15-28(21-8-3-2-4-9-21)27-23(22)18-6-5-7-19(25)14-18/h2-15H,1H3,(H,26,30). The highest BCUT2D eigenvalue weighted by molar-refractivity contribution is 9.10. The molecule has 0 fully saturated rings. The SMILES string of the molecule is CC(=O)c1ccc(NC(=O)c2cn(-c3ccccc3)nc2-c2cccc(Br)c2)cc1. The smallest absolute Gasteiger partial charge is 0.259 e. The number of halogens is 1. The summed E-state index contributed by atoms with van der Waals surface area (Å²) in [6, 6.07) is 24.1. The molecule has 0 aliphatic rings. The quantitative estimate of drug-likeness (QED) is 0.386. The number of ketones is 1. The molecule has 0 saturated carbocycles. The van der Waals surface area contributed by atoms with E-state index in [9.17, 15) is 9.59 Å². The molecule has 0 aliphatic carbocycles. The minimum Gasteiger partial charge on any atom is -0.322 e. The number of aromatic nitrogens is 2. The minimum atomic E-state index is -0.275. The predicted molar refractivity (Wildman–Crippen MR) is 121 cm³/mol. The summed E-state index contributed by atoms with van der Waals surface area (Å²) < 4.78 is 2.60. The zero-order valence-electron chi connectivity index (χ0n) is 16.2. The Kier molecular flexibility index (Phi) is 5.59. The van der Waals surface area contributed by atoms with E-state index < -0.39 is 0 Å². The number of carbonyl (C=O) groups excluding carboxylic acids is 2. The third kappa shape index (κ3) is 4.23. The van der Waals surface area contributed by atoms with Crippen molar-refractivity contribution in [1.29, 1.82) is 0 Å². The minimum absolute atomic E-state index is 0.0195. The summed E-state index contributed by atoms with van der Waals surface area (Å²) in [4.78, 5) is 24.6. The molecule has 3 aromatic carbocycles. The number of nitrogens with one attached hydrogen (secondary N) is 1. The van der Waals surface area contributed by atoms with Gasteiger partial charge in [0.25, 0.3) is 5.91 Å². The molecule has 4 aromatic rings. The fourth-order valence-electron chi connectivity index (χ4n) is 3.09. The number of amides is 1. The fourth-order valence-corrected chi connectivity index (χ4v) is 3.49. The van der Waals surface area contributed by atoms with Crippen molar-refractivity contribution < 1.29 is 9.59 Å². The molecule has 1 amide bonds.